The number of imide groups is 1. The SMILES string of the molecule is O=C(CN1C(=O)S/C(=C\c2ccc(OCc3ccccc3F)cc2)C1=O)c1ccc(Cl)cc1. The number of Topliss-reactive ketones (excluding diaryl/α,β-unsaturated/α-hetero) is 1. The molecule has 3 aromatic carbocycles. The molecule has 4 rings (SSSR count). The molecule has 1 heterocycles. The Morgan fingerprint density at radius 1 is 1.00 bits per heavy atom. The molecule has 33 heavy (non-hydrogen) atoms. The minimum atomic E-state index is -0.521. The normalized spacial score (nSPS) is 14.7. The third-order valence-corrected chi connectivity index (χ3v) is 6.03. The van der Waals surface area contributed by atoms with E-state index >= 15 is 0 Å². The van der Waals surface area contributed by atoms with Gasteiger partial charge in [-0.3, -0.25) is 19.3 Å². The number of carbonyl (C=O) groups is 3. The fourth-order valence-electron chi connectivity index (χ4n) is 3.10. The lowest BCUT2D eigenvalue weighted by Crippen LogP contribution is -2.33. The zero-order valence-electron chi connectivity index (χ0n) is 17.2. The quantitative estimate of drug-likeness (QED) is 0.307. The molecule has 1 saturated heterocycles. The fraction of sp³-hybridized carbons (Fsp3) is 0.0800. The number of amides is 2. The van der Waals surface area contributed by atoms with Crippen molar-refractivity contribution in [1.29, 1.82) is 0 Å². The molecule has 1 aliphatic heterocycles. The van der Waals surface area contributed by atoms with E-state index in [1.807, 2.05) is 0 Å². The molecule has 1 aliphatic rings. The van der Waals surface area contributed by atoms with Crippen LogP contribution in [0.3, 0.4) is 0 Å². The number of hydrogen-bond donors (Lipinski definition) is 0. The summed E-state index contributed by atoms with van der Waals surface area (Å²) in [5, 5.41) is -0.0114. The first kappa shape index (κ1) is 22.8. The van der Waals surface area contributed by atoms with Gasteiger partial charge >= 0.3 is 0 Å². The standard InChI is InChI=1S/C25H17ClFNO4S/c26-19-9-7-17(8-10-19)22(29)14-28-24(30)23(33-25(28)31)13-16-5-11-20(12-6-16)32-15-18-3-1-2-4-21(18)27/h1-13H,14-15H2/b23-13-. The van der Waals surface area contributed by atoms with Gasteiger partial charge in [0.15, 0.2) is 5.78 Å². The summed E-state index contributed by atoms with van der Waals surface area (Å²) in [6.07, 6.45) is 1.58. The smallest absolute Gasteiger partial charge is 0.293 e. The van der Waals surface area contributed by atoms with Crippen LogP contribution in [0.1, 0.15) is 21.5 Å². The first-order chi connectivity index (χ1) is 15.9. The Balaban J connectivity index is 1.40. The second-order valence-corrected chi connectivity index (χ2v) is 8.58. The summed E-state index contributed by atoms with van der Waals surface area (Å²) in [5.74, 6) is -0.671. The average molecular weight is 482 g/mol. The van der Waals surface area contributed by atoms with Gasteiger partial charge in [0.25, 0.3) is 11.1 Å². The fourth-order valence-corrected chi connectivity index (χ4v) is 4.06. The van der Waals surface area contributed by atoms with E-state index in [4.69, 9.17) is 16.3 Å². The number of carbonyl (C=O) groups excluding carboxylic acids is 3. The molecule has 1 fully saturated rings. The van der Waals surface area contributed by atoms with Crippen LogP contribution < -0.4 is 4.74 Å². The topological polar surface area (TPSA) is 63.7 Å². The molecule has 0 saturated carbocycles. The van der Waals surface area contributed by atoms with Gasteiger partial charge in [-0.1, -0.05) is 41.9 Å². The lowest BCUT2D eigenvalue weighted by molar-refractivity contribution is -0.122. The van der Waals surface area contributed by atoms with Gasteiger partial charge in [0.1, 0.15) is 18.2 Å². The predicted octanol–water partition coefficient (Wildman–Crippen LogP) is 5.98. The Bertz CT molecular complexity index is 1240. The minimum absolute atomic E-state index is 0.0898. The van der Waals surface area contributed by atoms with Gasteiger partial charge in [0.05, 0.1) is 11.4 Å². The number of ketones is 1. The molecule has 5 nitrogen and oxygen atoms in total. The molecule has 0 unspecified atom stereocenters. The second kappa shape index (κ2) is 10.0. The van der Waals surface area contributed by atoms with Crippen LogP contribution in [0.25, 0.3) is 6.08 Å². The molecule has 3 aromatic rings. The van der Waals surface area contributed by atoms with Gasteiger partial charge in [-0.2, -0.15) is 0 Å². The molecule has 0 aliphatic carbocycles. The first-order valence-corrected chi connectivity index (χ1v) is 11.1. The number of rotatable bonds is 7. The van der Waals surface area contributed by atoms with Gasteiger partial charge in [-0.05, 0) is 65.9 Å². The van der Waals surface area contributed by atoms with Crippen molar-refractivity contribution in [2.45, 2.75) is 6.61 Å². The van der Waals surface area contributed by atoms with Crippen LogP contribution in [-0.4, -0.2) is 28.4 Å². The Morgan fingerprint density at radius 2 is 1.70 bits per heavy atom. The molecule has 0 aromatic heterocycles. The van der Waals surface area contributed by atoms with Crippen molar-refractivity contribution in [1.82, 2.24) is 4.90 Å². The monoisotopic (exact) mass is 481 g/mol. The van der Waals surface area contributed by atoms with Crippen molar-refractivity contribution in [2.24, 2.45) is 0 Å². The minimum Gasteiger partial charge on any atom is -0.489 e. The Labute approximate surface area is 198 Å². The van der Waals surface area contributed by atoms with Crippen molar-refractivity contribution in [3.63, 3.8) is 0 Å². The summed E-state index contributed by atoms with van der Waals surface area (Å²) in [6.45, 7) is -0.251. The average Bonchev–Trinajstić information content (AvgIpc) is 3.07. The number of thioether (sulfide) groups is 1. The zero-order valence-corrected chi connectivity index (χ0v) is 18.7. The molecule has 0 bridgehead atoms. The molecule has 0 radical (unpaired) electrons. The van der Waals surface area contributed by atoms with E-state index in [0.717, 1.165) is 16.7 Å². The maximum absolute atomic E-state index is 13.7. The van der Waals surface area contributed by atoms with Crippen molar-refractivity contribution < 1.29 is 23.5 Å². The van der Waals surface area contributed by atoms with E-state index in [1.54, 1.807) is 72.8 Å². The summed E-state index contributed by atoms with van der Waals surface area (Å²) in [6, 6.07) is 19.5. The third-order valence-electron chi connectivity index (χ3n) is 4.87. The van der Waals surface area contributed by atoms with Gasteiger partial charge in [0.2, 0.25) is 0 Å². The van der Waals surface area contributed by atoms with Crippen LogP contribution in [0, 0.1) is 5.82 Å². The first-order valence-electron chi connectivity index (χ1n) is 9.91. The van der Waals surface area contributed by atoms with Crippen molar-refractivity contribution in [3.05, 3.63) is 105 Å². The molecule has 166 valence electrons. The van der Waals surface area contributed by atoms with Gasteiger partial charge < -0.3 is 4.74 Å². The third kappa shape index (κ3) is 5.50. The summed E-state index contributed by atoms with van der Waals surface area (Å²) in [5.41, 5.74) is 1.50. The van der Waals surface area contributed by atoms with E-state index in [0.29, 0.717) is 27.5 Å². The van der Waals surface area contributed by atoms with Crippen LogP contribution in [0.15, 0.2) is 77.7 Å². The Hall–Kier alpha value is -3.42. The molecule has 0 spiro atoms. The molecule has 2 amide bonds. The maximum Gasteiger partial charge on any atom is 0.293 e. The Kier molecular flexibility index (Phi) is 6.91. The number of nitrogens with zero attached hydrogens (tertiary/aromatic N) is 1. The highest BCUT2D eigenvalue weighted by Gasteiger charge is 2.36. The van der Waals surface area contributed by atoms with Crippen LogP contribution in [0.4, 0.5) is 9.18 Å². The number of benzene rings is 3. The molecule has 8 heteroatoms. The van der Waals surface area contributed by atoms with E-state index in [-0.39, 0.29) is 29.7 Å². The van der Waals surface area contributed by atoms with Gasteiger partial charge in [-0.25, -0.2) is 4.39 Å². The van der Waals surface area contributed by atoms with E-state index in [1.165, 1.54) is 6.07 Å². The zero-order chi connectivity index (χ0) is 23.4. The van der Waals surface area contributed by atoms with Crippen LogP contribution in [-0.2, 0) is 11.4 Å². The highest BCUT2D eigenvalue weighted by molar-refractivity contribution is 8.18. The van der Waals surface area contributed by atoms with Gasteiger partial charge in [-0.15, -0.1) is 0 Å². The highest BCUT2D eigenvalue weighted by atomic mass is 35.5. The maximum atomic E-state index is 13.7. The molecule has 0 atom stereocenters. The van der Waals surface area contributed by atoms with Crippen molar-refractivity contribution in [2.75, 3.05) is 6.54 Å². The van der Waals surface area contributed by atoms with Crippen LogP contribution in [0.2, 0.25) is 5.02 Å². The van der Waals surface area contributed by atoms with E-state index in [9.17, 15) is 18.8 Å². The lowest BCUT2D eigenvalue weighted by atomic mass is 10.1. The van der Waals surface area contributed by atoms with Gasteiger partial charge in [0, 0.05) is 16.1 Å². The number of hydrogen-bond acceptors (Lipinski definition) is 5. The van der Waals surface area contributed by atoms with Crippen LogP contribution in [0.5, 0.6) is 5.75 Å². The van der Waals surface area contributed by atoms with E-state index < -0.39 is 11.1 Å². The largest absolute Gasteiger partial charge is 0.489 e. The second-order valence-electron chi connectivity index (χ2n) is 7.15. The molecular formula is C25H17ClFNO4S. The van der Waals surface area contributed by atoms with E-state index in [2.05, 4.69) is 0 Å². The summed E-state index contributed by atoms with van der Waals surface area (Å²) < 4.78 is 19.3. The lowest BCUT2D eigenvalue weighted by Gasteiger charge is -2.11. The summed E-state index contributed by atoms with van der Waals surface area (Å²) in [7, 11) is 0. The van der Waals surface area contributed by atoms with Crippen LogP contribution >= 0.6 is 23.4 Å². The molecular weight excluding hydrogens is 465 g/mol. The summed E-state index contributed by atoms with van der Waals surface area (Å²) in [4.78, 5) is 38.6. The number of ether oxygens (including phenoxy) is 1. The summed E-state index contributed by atoms with van der Waals surface area (Å²) >= 11 is 6.61. The highest BCUT2D eigenvalue weighted by Crippen LogP contribution is 2.32. The number of halogens is 2. The Morgan fingerprint density at radius 3 is 2.39 bits per heavy atom. The predicted molar refractivity (Wildman–Crippen MR) is 126 cm³/mol. The van der Waals surface area contributed by atoms with Crippen molar-refractivity contribution in [3.8, 4) is 5.75 Å². The van der Waals surface area contributed by atoms with Crippen molar-refractivity contribution >= 4 is 46.4 Å². The molecule has 0 N–H and O–H groups in total.